The van der Waals surface area contributed by atoms with E-state index in [1.807, 2.05) is 25.3 Å². The van der Waals surface area contributed by atoms with Gasteiger partial charge in [0.1, 0.15) is 12.0 Å². The number of hydrogen-bond acceptors (Lipinski definition) is 5. The Morgan fingerprint density at radius 3 is 3.07 bits per heavy atom. The molecule has 2 aliphatic heterocycles. The lowest BCUT2D eigenvalue weighted by molar-refractivity contribution is -0.145. The van der Waals surface area contributed by atoms with Gasteiger partial charge < -0.3 is 14.5 Å². The highest BCUT2D eigenvalue weighted by Gasteiger charge is 2.27. The number of fused-ring (bicyclic) bond motifs is 2. The van der Waals surface area contributed by atoms with Crippen molar-refractivity contribution in [3.63, 3.8) is 0 Å². The van der Waals surface area contributed by atoms with E-state index in [4.69, 9.17) is 9.15 Å². The number of furan rings is 1. The zero-order valence-corrected chi connectivity index (χ0v) is 17.6. The van der Waals surface area contributed by atoms with Crippen LogP contribution in [-0.4, -0.2) is 42.5 Å². The van der Waals surface area contributed by atoms with Crippen molar-refractivity contribution in [3.05, 3.63) is 36.1 Å². The third-order valence-electron chi connectivity index (χ3n) is 6.05. The number of unbranched alkanes of at least 4 members (excludes halogenated alkanes) is 1. The fourth-order valence-corrected chi connectivity index (χ4v) is 4.39. The number of esters is 1. The Morgan fingerprint density at radius 2 is 2.20 bits per heavy atom. The molecule has 1 aromatic carbocycles. The molecule has 4 rings (SSSR count). The molecule has 1 aromatic heterocycles. The number of rotatable bonds is 7. The lowest BCUT2D eigenvalue weighted by Gasteiger charge is -2.38. The van der Waals surface area contributed by atoms with Crippen LogP contribution in [0.4, 0.5) is 5.69 Å². The van der Waals surface area contributed by atoms with Gasteiger partial charge in [0.15, 0.2) is 0 Å². The van der Waals surface area contributed by atoms with Gasteiger partial charge in [-0.1, -0.05) is 25.8 Å². The monoisotopic (exact) mass is 410 g/mol. The van der Waals surface area contributed by atoms with E-state index in [2.05, 4.69) is 16.3 Å². The molecule has 6 heteroatoms. The lowest BCUT2D eigenvalue weighted by atomic mass is 9.89. The van der Waals surface area contributed by atoms with Gasteiger partial charge >= 0.3 is 5.97 Å². The van der Waals surface area contributed by atoms with Crippen LogP contribution in [0.2, 0.25) is 0 Å². The Balaban J connectivity index is 1.45. The first kappa shape index (κ1) is 20.7. The molecule has 0 bridgehead atoms. The van der Waals surface area contributed by atoms with Gasteiger partial charge in [-0.3, -0.25) is 14.5 Å². The molecule has 1 amide bonds. The second-order valence-electron chi connectivity index (χ2n) is 8.24. The topological polar surface area (TPSA) is 71.8 Å². The van der Waals surface area contributed by atoms with Crippen molar-refractivity contribution in [2.45, 2.75) is 57.9 Å². The summed E-state index contributed by atoms with van der Waals surface area (Å²) in [6.07, 6.45) is 10.5. The highest BCUT2D eigenvalue weighted by molar-refractivity contribution is 6.03. The van der Waals surface area contributed by atoms with E-state index in [-0.39, 0.29) is 12.3 Å². The normalized spacial score (nSPS) is 19.2. The molecule has 0 saturated carbocycles. The number of amides is 1. The average Bonchev–Trinajstić information content (AvgIpc) is 3.16. The highest BCUT2D eigenvalue weighted by Crippen LogP contribution is 2.36. The van der Waals surface area contributed by atoms with E-state index in [1.165, 1.54) is 31.4 Å². The third-order valence-corrected chi connectivity index (χ3v) is 6.05. The first-order chi connectivity index (χ1) is 14.6. The molecule has 0 spiro atoms. The minimum atomic E-state index is -0.490. The number of anilines is 1. The summed E-state index contributed by atoms with van der Waals surface area (Å²) in [6.45, 7) is 4.57. The highest BCUT2D eigenvalue weighted by atomic mass is 16.5. The van der Waals surface area contributed by atoms with Gasteiger partial charge in [-0.05, 0) is 56.0 Å². The Hall–Kier alpha value is -2.60. The van der Waals surface area contributed by atoms with Crippen LogP contribution >= 0.6 is 0 Å². The van der Waals surface area contributed by atoms with E-state index >= 15 is 0 Å². The third kappa shape index (κ3) is 4.75. The number of nitrogens with zero attached hydrogens (tertiary/aromatic N) is 1. The number of carbonyl (C=O) groups is 2. The molecule has 3 heterocycles. The Labute approximate surface area is 177 Å². The predicted octanol–water partition coefficient (Wildman–Crippen LogP) is 4.75. The van der Waals surface area contributed by atoms with Crippen LogP contribution in [-0.2, 0) is 14.3 Å². The zero-order valence-electron chi connectivity index (χ0n) is 17.6. The standard InChI is InChI=1S/C24H30N2O4/c1-2-3-12-29-24(28)15-23(27)25-18-7-8-22-20(14-18)21(16-30-22)17-9-11-26-10-5-4-6-19(26)13-17/h7-9,14,16,19H,2-6,10-13,15H2,1H3,(H,25,27). The Morgan fingerprint density at radius 1 is 1.30 bits per heavy atom. The summed E-state index contributed by atoms with van der Waals surface area (Å²) in [5, 5.41) is 3.81. The van der Waals surface area contributed by atoms with Crippen LogP contribution in [0, 0.1) is 0 Å². The molecule has 1 unspecified atom stereocenters. The van der Waals surface area contributed by atoms with Gasteiger partial charge in [0, 0.05) is 29.2 Å². The Kier molecular flexibility index (Phi) is 6.53. The van der Waals surface area contributed by atoms with Gasteiger partial charge in [0.05, 0.1) is 12.9 Å². The summed E-state index contributed by atoms with van der Waals surface area (Å²) >= 11 is 0. The number of hydrogen-bond donors (Lipinski definition) is 1. The van der Waals surface area contributed by atoms with Crippen molar-refractivity contribution >= 4 is 34.1 Å². The van der Waals surface area contributed by atoms with Crippen LogP contribution in [0.3, 0.4) is 0 Å². The molecule has 160 valence electrons. The molecule has 2 aromatic rings. The molecular formula is C24H30N2O4. The van der Waals surface area contributed by atoms with Crippen LogP contribution in [0.15, 0.2) is 35.0 Å². The van der Waals surface area contributed by atoms with E-state index in [0.717, 1.165) is 42.3 Å². The number of carbonyl (C=O) groups excluding carboxylic acids is 2. The van der Waals surface area contributed by atoms with E-state index in [0.29, 0.717) is 18.3 Å². The van der Waals surface area contributed by atoms with Gasteiger partial charge in [0.25, 0.3) is 0 Å². The lowest BCUT2D eigenvalue weighted by Crippen LogP contribution is -2.41. The molecule has 30 heavy (non-hydrogen) atoms. The smallest absolute Gasteiger partial charge is 0.315 e. The molecule has 0 aliphatic carbocycles. The van der Waals surface area contributed by atoms with Crippen LogP contribution in [0.5, 0.6) is 0 Å². The fourth-order valence-electron chi connectivity index (χ4n) is 4.39. The molecular weight excluding hydrogens is 380 g/mol. The number of piperidine rings is 1. The predicted molar refractivity (Wildman–Crippen MR) is 117 cm³/mol. The van der Waals surface area contributed by atoms with Crippen molar-refractivity contribution < 1.29 is 18.7 Å². The largest absolute Gasteiger partial charge is 0.465 e. The SMILES string of the molecule is CCCCOC(=O)CC(=O)Nc1ccc2occ(C3=CCN4CCCCC4C3)c2c1. The van der Waals surface area contributed by atoms with Gasteiger partial charge in [-0.15, -0.1) is 0 Å². The zero-order chi connectivity index (χ0) is 20.9. The molecule has 6 nitrogen and oxygen atoms in total. The van der Waals surface area contributed by atoms with Gasteiger partial charge in [-0.2, -0.15) is 0 Å². The first-order valence-electron chi connectivity index (χ1n) is 11.0. The summed E-state index contributed by atoms with van der Waals surface area (Å²) < 4.78 is 10.8. The summed E-state index contributed by atoms with van der Waals surface area (Å²) in [5.74, 6) is -0.856. The first-order valence-corrected chi connectivity index (χ1v) is 11.0. The van der Waals surface area contributed by atoms with Gasteiger partial charge in [-0.25, -0.2) is 0 Å². The van der Waals surface area contributed by atoms with E-state index < -0.39 is 5.97 Å². The minimum Gasteiger partial charge on any atom is -0.465 e. The van der Waals surface area contributed by atoms with Crippen LogP contribution in [0.1, 0.15) is 57.4 Å². The van der Waals surface area contributed by atoms with Crippen molar-refractivity contribution in [1.82, 2.24) is 4.90 Å². The number of benzene rings is 1. The maximum absolute atomic E-state index is 12.2. The van der Waals surface area contributed by atoms with Crippen molar-refractivity contribution in [3.8, 4) is 0 Å². The maximum Gasteiger partial charge on any atom is 0.315 e. The summed E-state index contributed by atoms with van der Waals surface area (Å²) in [7, 11) is 0. The average molecular weight is 411 g/mol. The molecule has 1 N–H and O–H groups in total. The van der Waals surface area contributed by atoms with E-state index in [9.17, 15) is 9.59 Å². The second-order valence-corrected chi connectivity index (χ2v) is 8.24. The van der Waals surface area contributed by atoms with E-state index in [1.54, 1.807) is 6.07 Å². The molecule has 2 aliphatic rings. The van der Waals surface area contributed by atoms with Crippen molar-refractivity contribution in [2.24, 2.45) is 0 Å². The molecule has 0 radical (unpaired) electrons. The molecule has 1 atom stereocenters. The second kappa shape index (κ2) is 9.47. The molecule has 1 fully saturated rings. The molecule has 1 saturated heterocycles. The van der Waals surface area contributed by atoms with Crippen molar-refractivity contribution in [2.75, 3.05) is 25.0 Å². The minimum absolute atomic E-state index is 0.275. The number of ether oxygens (including phenoxy) is 1. The fraction of sp³-hybridized carbons (Fsp3) is 0.500. The Bertz CT molecular complexity index is 946. The van der Waals surface area contributed by atoms with Crippen LogP contribution in [0.25, 0.3) is 16.5 Å². The van der Waals surface area contributed by atoms with Gasteiger partial charge in [0.2, 0.25) is 5.91 Å². The van der Waals surface area contributed by atoms with Crippen LogP contribution < -0.4 is 5.32 Å². The number of nitrogens with one attached hydrogen (secondary N) is 1. The summed E-state index contributed by atoms with van der Waals surface area (Å²) in [4.78, 5) is 26.5. The maximum atomic E-state index is 12.2. The van der Waals surface area contributed by atoms with Crippen molar-refractivity contribution in [1.29, 1.82) is 0 Å². The summed E-state index contributed by atoms with van der Waals surface area (Å²) in [6, 6.07) is 6.21. The summed E-state index contributed by atoms with van der Waals surface area (Å²) in [5.41, 5.74) is 3.88. The quantitative estimate of drug-likeness (QED) is 0.405.